The number of fused-ring (bicyclic) bond motifs is 2. The molecule has 1 radical (unpaired) electrons. The molecule has 2 atom stereocenters. The van der Waals surface area contributed by atoms with Crippen LogP contribution in [0.25, 0.3) is 0 Å². The first-order valence-corrected chi connectivity index (χ1v) is 3.13. The van der Waals surface area contributed by atoms with Crippen molar-refractivity contribution < 1.29 is 0 Å². The summed E-state index contributed by atoms with van der Waals surface area (Å²) in [5, 5.41) is 0. The lowest BCUT2D eigenvalue weighted by atomic mass is 10.0. The van der Waals surface area contributed by atoms with Gasteiger partial charge in [-0.05, 0) is 30.8 Å². The fraction of sp³-hybridized carbons (Fsp3) is 0.500. The topological polar surface area (TPSA) is 0 Å². The van der Waals surface area contributed by atoms with Crippen molar-refractivity contribution in [1.82, 2.24) is 0 Å². The second-order valence-electron chi connectivity index (χ2n) is 2.73. The van der Waals surface area contributed by atoms with Crippen LogP contribution in [0.3, 0.4) is 0 Å². The van der Waals surface area contributed by atoms with E-state index in [1.807, 2.05) is 0 Å². The summed E-state index contributed by atoms with van der Waals surface area (Å²) in [6.45, 7) is 3.97. The molecule has 0 saturated heterocycles. The lowest BCUT2D eigenvalue weighted by molar-refractivity contribution is 0.680. The van der Waals surface area contributed by atoms with E-state index in [-0.39, 0.29) is 0 Å². The van der Waals surface area contributed by atoms with Gasteiger partial charge in [0.15, 0.2) is 0 Å². The molecule has 8 heavy (non-hydrogen) atoms. The van der Waals surface area contributed by atoms with Crippen LogP contribution in [0.5, 0.6) is 0 Å². The minimum absolute atomic E-state index is 0.708. The standard InChI is InChI=1S/C8H9/c1-6-4-7-2-3-8(6)5-7/h3,7-8H,1,4-5H2. The second-order valence-corrected chi connectivity index (χ2v) is 2.73. The van der Waals surface area contributed by atoms with E-state index >= 15 is 0 Å². The van der Waals surface area contributed by atoms with E-state index in [0.29, 0.717) is 5.92 Å². The summed E-state index contributed by atoms with van der Waals surface area (Å²) in [7, 11) is 0. The van der Waals surface area contributed by atoms with Crippen LogP contribution in [0.1, 0.15) is 12.8 Å². The van der Waals surface area contributed by atoms with Crippen molar-refractivity contribution >= 4 is 0 Å². The molecule has 0 amide bonds. The molecular weight excluding hydrogens is 96.1 g/mol. The SMILES string of the molecule is C=C1CC2[C]=CC1C2. The molecule has 2 aliphatic carbocycles. The van der Waals surface area contributed by atoms with Gasteiger partial charge in [0.25, 0.3) is 0 Å². The van der Waals surface area contributed by atoms with Gasteiger partial charge in [0, 0.05) is 0 Å². The van der Waals surface area contributed by atoms with E-state index in [4.69, 9.17) is 0 Å². The van der Waals surface area contributed by atoms with Crippen LogP contribution in [-0.4, -0.2) is 0 Å². The van der Waals surface area contributed by atoms with Gasteiger partial charge in [-0.2, -0.15) is 0 Å². The molecule has 0 aliphatic heterocycles. The van der Waals surface area contributed by atoms with Crippen LogP contribution < -0.4 is 0 Å². The zero-order valence-corrected chi connectivity index (χ0v) is 4.85. The highest BCUT2D eigenvalue weighted by Gasteiger charge is 2.29. The van der Waals surface area contributed by atoms with Crippen LogP contribution in [0.15, 0.2) is 18.2 Å². The first-order valence-electron chi connectivity index (χ1n) is 3.13. The lowest BCUT2D eigenvalue weighted by Gasteiger charge is -2.02. The van der Waals surface area contributed by atoms with Gasteiger partial charge in [-0.25, -0.2) is 0 Å². The van der Waals surface area contributed by atoms with Crippen LogP contribution in [0.4, 0.5) is 0 Å². The molecule has 2 bridgehead atoms. The fourth-order valence-electron chi connectivity index (χ4n) is 1.59. The van der Waals surface area contributed by atoms with Crippen LogP contribution >= 0.6 is 0 Å². The predicted octanol–water partition coefficient (Wildman–Crippen LogP) is 1.94. The summed E-state index contributed by atoms with van der Waals surface area (Å²) in [5.74, 6) is 1.45. The van der Waals surface area contributed by atoms with Crippen molar-refractivity contribution in [2.45, 2.75) is 12.8 Å². The molecule has 0 N–H and O–H groups in total. The fourth-order valence-corrected chi connectivity index (χ4v) is 1.59. The molecule has 0 aromatic rings. The Morgan fingerprint density at radius 1 is 1.75 bits per heavy atom. The molecular formula is C8H9. The first-order chi connectivity index (χ1) is 3.86. The van der Waals surface area contributed by atoms with Crippen molar-refractivity contribution in [3.05, 3.63) is 24.3 Å². The van der Waals surface area contributed by atoms with E-state index < -0.39 is 0 Å². The van der Waals surface area contributed by atoms with Crippen molar-refractivity contribution in [2.75, 3.05) is 0 Å². The molecule has 2 aliphatic rings. The molecule has 0 heteroatoms. The average molecular weight is 105 g/mol. The van der Waals surface area contributed by atoms with E-state index in [0.717, 1.165) is 5.92 Å². The summed E-state index contributed by atoms with van der Waals surface area (Å²) < 4.78 is 0. The molecule has 41 valence electrons. The summed E-state index contributed by atoms with van der Waals surface area (Å²) in [6, 6.07) is 0. The first kappa shape index (κ1) is 4.37. The molecule has 0 nitrogen and oxygen atoms in total. The minimum Gasteiger partial charge on any atom is -0.0992 e. The molecule has 0 aromatic heterocycles. The highest BCUT2D eigenvalue weighted by Crippen LogP contribution is 2.41. The molecule has 0 heterocycles. The second kappa shape index (κ2) is 1.25. The van der Waals surface area contributed by atoms with Gasteiger partial charge in [0.05, 0.1) is 0 Å². The Hall–Kier alpha value is -0.520. The Kier molecular flexibility index (Phi) is 0.682. The van der Waals surface area contributed by atoms with Crippen molar-refractivity contribution in [1.29, 1.82) is 0 Å². The van der Waals surface area contributed by atoms with E-state index in [9.17, 15) is 0 Å². The summed E-state index contributed by atoms with van der Waals surface area (Å²) in [5.41, 5.74) is 1.42. The lowest BCUT2D eigenvalue weighted by Crippen LogP contribution is -1.88. The summed E-state index contributed by atoms with van der Waals surface area (Å²) in [6.07, 6.45) is 7.99. The molecule has 1 saturated carbocycles. The van der Waals surface area contributed by atoms with Crippen LogP contribution in [-0.2, 0) is 0 Å². The number of hydrogen-bond acceptors (Lipinski definition) is 0. The maximum Gasteiger partial charge on any atom is -0.00138 e. The Morgan fingerprint density at radius 2 is 2.62 bits per heavy atom. The van der Waals surface area contributed by atoms with E-state index in [1.165, 1.54) is 18.4 Å². The van der Waals surface area contributed by atoms with Crippen molar-refractivity contribution in [2.24, 2.45) is 11.8 Å². The smallest absolute Gasteiger partial charge is 0.00138 e. The summed E-state index contributed by atoms with van der Waals surface area (Å²) >= 11 is 0. The van der Waals surface area contributed by atoms with Gasteiger partial charge in [0.1, 0.15) is 0 Å². The number of allylic oxidation sites excluding steroid dienone is 3. The Labute approximate surface area is 49.9 Å². The minimum atomic E-state index is 0.708. The van der Waals surface area contributed by atoms with E-state index in [2.05, 4.69) is 18.7 Å². The van der Waals surface area contributed by atoms with Gasteiger partial charge in [-0.3, -0.25) is 0 Å². The molecule has 2 unspecified atom stereocenters. The Morgan fingerprint density at radius 3 is 2.88 bits per heavy atom. The van der Waals surface area contributed by atoms with Crippen molar-refractivity contribution in [3.63, 3.8) is 0 Å². The molecule has 0 aromatic carbocycles. The Bertz CT molecular complexity index is 153. The third-order valence-electron chi connectivity index (χ3n) is 2.10. The quantitative estimate of drug-likeness (QED) is 0.413. The number of rotatable bonds is 0. The molecule has 1 fully saturated rings. The maximum absolute atomic E-state index is 3.97. The largest absolute Gasteiger partial charge is 0.0992 e. The zero-order chi connectivity index (χ0) is 5.56. The highest BCUT2D eigenvalue weighted by molar-refractivity contribution is 5.21. The van der Waals surface area contributed by atoms with E-state index in [1.54, 1.807) is 0 Å². The average Bonchev–Trinajstić information content (AvgIpc) is 2.23. The van der Waals surface area contributed by atoms with Gasteiger partial charge in [-0.15, -0.1) is 0 Å². The monoisotopic (exact) mass is 105 g/mol. The van der Waals surface area contributed by atoms with Crippen LogP contribution in [0.2, 0.25) is 0 Å². The normalized spacial score (nSPS) is 41.8. The highest BCUT2D eigenvalue weighted by atomic mass is 14.3. The third kappa shape index (κ3) is 0.405. The molecule has 0 spiro atoms. The summed E-state index contributed by atoms with van der Waals surface area (Å²) in [4.78, 5) is 0. The van der Waals surface area contributed by atoms with Crippen LogP contribution in [0, 0.1) is 17.9 Å². The zero-order valence-electron chi connectivity index (χ0n) is 4.85. The molecule has 2 rings (SSSR count). The van der Waals surface area contributed by atoms with Gasteiger partial charge < -0.3 is 0 Å². The Balaban J connectivity index is 2.35. The number of hydrogen-bond donors (Lipinski definition) is 0. The van der Waals surface area contributed by atoms with Gasteiger partial charge >= 0.3 is 0 Å². The maximum atomic E-state index is 3.97. The van der Waals surface area contributed by atoms with Gasteiger partial charge in [0.2, 0.25) is 0 Å². The van der Waals surface area contributed by atoms with Gasteiger partial charge in [-0.1, -0.05) is 18.2 Å². The third-order valence-corrected chi connectivity index (χ3v) is 2.10. The van der Waals surface area contributed by atoms with Crippen molar-refractivity contribution in [3.8, 4) is 0 Å². The predicted molar refractivity (Wildman–Crippen MR) is 33.2 cm³/mol.